The molecule has 0 aliphatic heterocycles. The van der Waals surface area contributed by atoms with E-state index >= 15 is 0 Å². The Bertz CT molecular complexity index is 1010. The van der Waals surface area contributed by atoms with E-state index in [2.05, 4.69) is 10.4 Å². The number of benzene rings is 1. The normalized spacial score (nSPS) is 28.4. The van der Waals surface area contributed by atoms with E-state index in [4.69, 9.17) is 9.47 Å². The van der Waals surface area contributed by atoms with E-state index in [1.165, 1.54) is 39.7 Å². The molecule has 164 valence electrons. The molecule has 31 heavy (non-hydrogen) atoms. The molecular formula is C22H26N4O5. The first kappa shape index (κ1) is 19.8. The molecule has 1 aromatic carbocycles. The second-order valence-corrected chi connectivity index (χ2v) is 9.23. The van der Waals surface area contributed by atoms with Crippen LogP contribution in [0.4, 0.5) is 11.4 Å². The number of nitrogens with zero attached hydrogens (tertiary/aromatic N) is 3. The first-order valence-corrected chi connectivity index (χ1v) is 10.7. The Morgan fingerprint density at radius 3 is 2.29 bits per heavy atom. The highest BCUT2D eigenvalue weighted by Crippen LogP contribution is 2.58. The van der Waals surface area contributed by atoms with Gasteiger partial charge in [-0.2, -0.15) is 5.10 Å². The predicted molar refractivity (Wildman–Crippen MR) is 113 cm³/mol. The molecule has 2 aromatic rings. The zero-order chi connectivity index (χ0) is 21.8. The van der Waals surface area contributed by atoms with Crippen molar-refractivity contribution in [2.24, 2.45) is 17.8 Å². The number of hydrogen-bond acceptors (Lipinski definition) is 6. The minimum absolute atomic E-state index is 0.157. The van der Waals surface area contributed by atoms with Gasteiger partial charge in [-0.05, 0) is 68.4 Å². The maximum Gasteiger partial charge on any atom is 0.320 e. The molecule has 9 nitrogen and oxygen atoms in total. The lowest BCUT2D eigenvalue weighted by Crippen LogP contribution is -2.52. The molecule has 0 radical (unpaired) electrons. The van der Waals surface area contributed by atoms with Crippen molar-refractivity contribution in [1.82, 2.24) is 9.78 Å². The molecule has 4 saturated carbocycles. The number of hydrogen-bond donors (Lipinski definition) is 1. The summed E-state index contributed by atoms with van der Waals surface area (Å²) >= 11 is 0. The lowest BCUT2D eigenvalue weighted by molar-refractivity contribution is -0.385. The van der Waals surface area contributed by atoms with Gasteiger partial charge in [0.2, 0.25) is 5.69 Å². The summed E-state index contributed by atoms with van der Waals surface area (Å²) in [6.45, 7) is 0. The second-order valence-electron chi connectivity index (χ2n) is 9.23. The van der Waals surface area contributed by atoms with Gasteiger partial charge in [-0.15, -0.1) is 0 Å². The summed E-state index contributed by atoms with van der Waals surface area (Å²) in [5, 5.41) is 19.0. The van der Waals surface area contributed by atoms with Gasteiger partial charge < -0.3 is 14.8 Å². The molecule has 4 bridgehead atoms. The summed E-state index contributed by atoms with van der Waals surface area (Å²) in [6, 6.07) is 4.93. The van der Waals surface area contributed by atoms with Crippen LogP contribution in [0, 0.1) is 27.9 Å². The third-order valence-electron chi connectivity index (χ3n) is 7.24. The van der Waals surface area contributed by atoms with Crippen LogP contribution in [-0.2, 0) is 5.54 Å². The molecule has 9 heteroatoms. The topological polar surface area (TPSA) is 109 Å². The summed E-state index contributed by atoms with van der Waals surface area (Å²) in [5.41, 5.74) is -0.160. The number of carbonyl (C=O) groups is 1. The van der Waals surface area contributed by atoms with Crippen LogP contribution in [0.1, 0.15) is 49.0 Å². The second kappa shape index (κ2) is 7.25. The van der Waals surface area contributed by atoms with Crippen molar-refractivity contribution in [3.8, 4) is 11.5 Å². The lowest BCUT2D eigenvalue weighted by Gasteiger charge is -2.56. The number of aromatic nitrogens is 2. The average molecular weight is 426 g/mol. The van der Waals surface area contributed by atoms with E-state index in [-0.39, 0.29) is 16.9 Å². The summed E-state index contributed by atoms with van der Waals surface area (Å²) < 4.78 is 12.2. The monoisotopic (exact) mass is 426 g/mol. The molecule has 0 saturated heterocycles. The SMILES string of the molecule is COc1ccc(NC(=O)c2nn(C34CC5CC(CC(C5)C3)C4)cc2[N+](=O)[O-])cc1OC. The summed E-state index contributed by atoms with van der Waals surface area (Å²) in [7, 11) is 3.03. The molecule has 4 aliphatic rings. The number of nitro groups is 1. The number of ether oxygens (including phenoxy) is 2. The van der Waals surface area contributed by atoms with E-state index in [0.29, 0.717) is 34.9 Å². The van der Waals surface area contributed by atoms with Gasteiger partial charge in [-0.1, -0.05) is 0 Å². The van der Waals surface area contributed by atoms with Crippen molar-refractivity contribution in [3.05, 3.63) is 40.2 Å². The van der Waals surface area contributed by atoms with Gasteiger partial charge in [-0.3, -0.25) is 19.6 Å². The molecule has 4 fully saturated rings. The third kappa shape index (κ3) is 3.32. The molecule has 0 atom stereocenters. The Morgan fingerprint density at radius 2 is 1.74 bits per heavy atom. The van der Waals surface area contributed by atoms with Gasteiger partial charge in [0.15, 0.2) is 11.5 Å². The minimum atomic E-state index is -0.609. The van der Waals surface area contributed by atoms with Crippen molar-refractivity contribution in [3.63, 3.8) is 0 Å². The van der Waals surface area contributed by atoms with Crippen molar-refractivity contribution in [2.75, 3.05) is 19.5 Å². The molecule has 1 heterocycles. The van der Waals surface area contributed by atoms with Crippen molar-refractivity contribution in [2.45, 2.75) is 44.1 Å². The largest absolute Gasteiger partial charge is 0.493 e. The average Bonchev–Trinajstić information content (AvgIpc) is 3.20. The summed E-state index contributed by atoms with van der Waals surface area (Å²) in [4.78, 5) is 24.2. The van der Waals surface area contributed by atoms with Crippen LogP contribution in [0.2, 0.25) is 0 Å². The van der Waals surface area contributed by atoms with Gasteiger partial charge in [-0.25, -0.2) is 0 Å². The zero-order valence-electron chi connectivity index (χ0n) is 17.7. The Hall–Kier alpha value is -3.10. The number of methoxy groups -OCH3 is 2. The number of nitrogens with one attached hydrogen (secondary N) is 1. The minimum Gasteiger partial charge on any atom is -0.493 e. The fourth-order valence-corrected chi connectivity index (χ4v) is 6.35. The Kier molecular flexibility index (Phi) is 4.64. The maximum atomic E-state index is 13.0. The third-order valence-corrected chi connectivity index (χ3v) is 7.24. The fraction of sp³-hybridized carbons (Fsp3) is 0.545. The molecule has 0 spiro atoms. The van der Waals surface area contributed by atoms with E-state index in [0.717, 1.165) is 19.3 Å². The van der Waals surface area contributed by atoms with Gasteiger partial charge in [0.25, 0.3) is 5.91 Å². The van der Waals surface area contributed by atoms with Crippen molar-refractivity contribution >= 4 is 17.3 Å². The molecule has 6 rings (SSSR count). The highest BCUT2D eigenvalue weighted by molar-refractivity contribution is 6.05. The van der Waals surface area contributed by atoms with Crippen LogP contribution in [0.15, 0.2) is 24.4 Å². The van der Waals surface area contributed by atoms with Gasteiger partial charge in [0.1, 0.15) is 6.20 Å². The van der Waals surface area contributed by atoms with Crippen LogP contribution < -0.4 is 14.8 Å². The maximum absolute atomic E-state index is 13.0. The standard InChI is InChI=1S/C22H26N4O5/c1-30-18-4-3-16(8-19(18)31-2)23-21(27)20-17(26(28)29)12-25(24-20)22-9-13-5-14(10-22)7-15(6-13)11-22/h3-4,8,12-15H,5-7,9-11H2,1-2H3,(H,23,27). The van der Waals surface area contributed by atoms with Crippen LogP contribution in [0.3, 0.4) is 0 Å². The Morgan fingerprint density at radius 1 is 1.13 bits per heavy atom. The molecule has 1 amide bonds. The molecular weight excluding hydrogens is 400 g/mol. The predicted octanol–water partition coefficient (Wildman–Crippen LogP) is 3.99. The molecule has 1 N–H and O–H groups in total. The highest BCUT2D eigenvalue weighted by atomic mass is 16.6. The zero-order valence-corrected chi connectivity index (χ0v) is 17.7. The van der Waals surface area contributed by atoms with E-state index in [9.17, 15) is 14.9 Å². The Balaban J connectivity index is 1.45. The Labute approximate surface area is 179 Å². The van der Waals surface area contributed by atoms with E-state index < -0.39 is 10.8 Å². The first-order valence-electron chi connectivity index (χ1n) is 10.7. The van der Waals surface area contributed by atoms with Crippen LogP contribution in [0.25, 0.3) is 0 Å². The van der Waals surface area contributed by atoms with Gasteiger partial charge in [0.05, 0.1) is 24.7 Å². The molecule has 1 aromatic heterocycles. The van der Waals surface area contributed by atoms with Crippen LogP contribution in [-0.4, -0.2) is 34.8 Å². The summed E-state index contributed by atoms with van der Waals surface area (Å²) in [6.07, 6.45) is 8.23. The van der Waals surface area contributed by atoms with Crippen LogP contribution >= 0.6 is 0 Å². The van der Waals surface area contributed by atoms with Gasteiger partial charge >= 0.3 is 5.69 Å². The summed E-state index contributed by atoms with van der Waals surface area (Å²) in [5.74, 6) is 2.37. The molecule has 0 unspecified atom stereocenters. The molecule has 4 aliphatic carbocycles. The van der Waals surface area contributed by atoms with E-state index in [1.807, 2.05) is 0 Å². The smallest absolute Gasteiger partial charge is 0.320 e. The number of anilines is 1. The first-order chi connectivity index (χ1) is 14.9. The highest BCUT2D eigenvalue weighted by Gasteiger charge is 2.53. The van der Waals surface area contributed by atoms with E-state index in [1.54, 1.807) is 22.9 Å². The van der Waals surface area contributed by atoms with Crippen molar-refractivity contribution < 1.29 is 19.2 Å². The number of rotatable bonds is 6. The number of amides is 1. The number of carbonyl (C=O) groups excluding carboxylic acids is 1. The fourth-order valence-electron chi connectivity index (χ4n) is 6.35. The van der Waals surface area contributed by atoms with Crippen LogP contribution in [0.5, 0.6) is 11.5 Å². The lowest BCUT2D eigenvalue weighted by atomic mass is 9.53. The quantitative estimate of drug-likeness (QED) is 0.553. The van der Waals surface area contributed by atoms with Gasteiger partial charge in [0, 0.05) is 11.8 Å². The van der Waals surface area contributed by atoms with Crippen molar-refractivity contribution in [1.29, 1.82) is 0 Å².